The van der Waals surface area contributed by atoms with Crippen molar-refractivity contribution >= 4 is 17.8 Å². The van der Waals surface area contributed by atoms with Crippen LogP contribution in [0.25, 0.3) is 0 Å². The molecule has 1 aromatic rings. The van der Waals surface area contributed by atoms with Gasteiger partial charge in [-0.15, -0.1) is 0 Å². The predicted molar refractivity (Wildman–Crippen MR) is 129 cm³/mol. The highest BCUT2D eigenvalue weighted by Crippen LogP contribution is 2.37. The summed E-state index contributed by atoms with van der Waals surface area (Å²) in [5.41, 5.74) is -0.844. The van der Waals surface area contributed by atoms with Gasteiger partial charge >= 0.3 is 6.03 Å². The number of nitrogens with zero attached hydrogens (tertiary/aromatic N) is 3. The highest BCUT2D eigenvalue weighted by molar-refractivity contribution is 6.07. The molecular weight excluding hydrogens is 432 g/mol. The molecule has 0 spiro atoms. The van der Waals surface area contributed by atoms with Gasteiger partial charge in [-0.25, -0.2) is 4.79 Å². The molecule has 2 unspecified atom stereocenters. The van der Waals surface area contributed by atoms with E-state index >= 15 is 0 Å². The molecule has 34 heavy (non-hydrogen) atoms. The first-order chi connectivity index (χ1) is 16.4. The van der Waals surface area contributed by atoms with E-state index in [2.05, 4.69) is 24.2 Å². The molecule has 0 aliphatic carbocycles. The van der Waals surface area contributed by atoms with Gasteiger partial charge in [-0.1, -0.05) is 31.5 Å². The van der Waals surface area contributed by atoms with Crippen molar-refractivity contribution in [2.75, 3.05) is 39.8 Å². The zero-order chi connectivity index (χ0) is 24.1. The van der Waals surface area contributed by atoms with Crippen LogP contribution in [0.4, 0.5) is 4.79 Å². The van der Waals surface area contributed by atoms with Crippen molar-refractivity contribution < 1.29 is 19.1 Å². The van der Waals surface area contributed by atoms with Crippen molar-refractivity contribution in [3.05, 3.63) is 30.3 Å². The Bertz CT molecular complexity index is 871. The van der Waals surface area contributed by atoms with E-state index in [-0.39, 0.29) is 30.4 Å². The van der Waals surface area contributed by atoms with E-state index in [1.165, 1.54) is 11.3 Å². The first-order valence-electron chi connectivity index (χ1n) is 12.7. The van der Waals surface area contributed by atoms with Gasteiger partial charge in [0.25, 0.3) is 11.8 Å². The lowest BCUT2D eigenvalue weighted by Crippen LogP contribution is -2.56. The summed E-state index contributed by atoms with van der Waals surface area (Å²) in [5.74, 6) is 0.589. The minimum atomic E-state index is -0.844. The number of amides is 4. The van der Waals surface area contributed by atoms with Crippen molar-refractivity contribution in [1.82, 2.24) is 20.0 Å². The Morgan fingerprint density at radius 3 is 2.50 bits per heavy atom. The van der Waals surface area contributed by atoms with Gasteiger partial charge in [-0.05, 0) is 70.2 Å². The number of hydrogen-bond acceptors (Lipinski definition) is 5. The van der Waals surface area contributed by atoms with E-state index in [1.54, 1.807) is 0 Å². The van der Waals surface area contributed by atoms with Gasteiger partial charge < -0.3 is 19.9 Å². The maximum absolute atomic E-state index is 13.6. The van der Waals surface area contributed by atoms with Gasteiger partial charge in [-0.2, -0.15) is 0 Å². The summed E-state index contributed by atoms with van der Waals surface area (Å²) in [5, 5.41) is 3.11. The molecule has 4 amide bonds. The second-order valence-corrected chi connectivity index (χ2v) is 9.93. The molecule has 0 saturated carbocycles. The van der Waals surface area contributed by atoms with Crippen LogP contribution in [0.15, 0.2) is 30.3 Å². The zero-order valence-corrected chi connectivity index (χ0v) is 20.5. The van der Waals surface area contributed by atoms with Crippen molar-refractivity contribution in [3.63, 3.8) is 0 Å². The molecule has 1 N–H and O–H groups in total. The summed E-state index contributed by atoms with van der Waals surface area (Å²) in [6, 6.07) is 9.50. The first kappa shape index (κ1) is 24.5. The summed E-state index contributed by atoms with van der Waals surface area (Å²) >= 11 is 0. The number of urea groups is 1. The maximum atomic E-state index is 13.6. The lowest BCUT2D eigenvalue weighted by molar-refractivity contribution is -0.137. The number of nitrogens with one attached hydrogen (secondary N) is 1. The van der Waals surface area contributed by atoms with Gasteiger partial charge in [-0.3, -0.25) is 14.5 Å². The van der Waals surface area contributed by atoms with Crippen molar-refractivity contribution in [1.29, 1.82) is 0 Å². The Kier molecular flexibility index (Phi) is 7.76. The number of benzene rings is 1. The number of imide groups is 1. The van der Waals surface area contributed by atoms with Crippen molar-refractivity contribution in [3.8, 4) is 5.75 Å². The number of rotatable bonds is 9. The van der Waals surface area contributed by atoms with Crippen LogP contribution >= 0.6 is 0 Å². The summed E-state index contributed by atoms with van der Waals surface area (Å²) in [4.78, 5) is 44.8. The van der Waals surface area contributed by atoms with Crippen LogP contribution in [0, 0.1) is 5.92 Å². The summed E-state index contributed by atoms with van der Waals surface area (Å²) in [7, 11) is 2.12. The molecule has 4 rings (SSSR count). The molecule has 3 heterocycles. The molecule has 3 aliphatic rings. The van der Waals surface area contributed by atoms with E-state index < -0.39 is 5.54 Å². The smallest absolute Gasteiger partial charge is 0.325 e. The molecule has 1 aromatic carbocycles. The Hall–Kier alpha value is -2.61. The molecule has 8 heteroatoms. The van der Waals surface area contributed by atoms with Gasteiger partial charge in [0.15, 0.2) is 6.61 Å². The highest BCUT2D eigenvalue weighted by atomic mass is 16.5. The second kappa shape index (κ2) is 10.8. The number of carbonyl (C=O) groups is 3. The first-order valence-corrected chi connectivity index (χ1v) is 12.7. The predicted octanol–water partition coefficient (Wildman–Crippen LogP) is 2.88. The van der Waals surface area contributed by atoms with Crippen LogP contribution in [0.5, 0.6) is 5.75 Å². The number of para-hydroxylation sites is 1. The van der Waals surface area contributed by atoms with E-state index in [0.29, 0.717) is 50.7 Å². The number of carbonyl (C=O) groups excluding carboxylic acids is 3. The zero-order valence-electron chi connectivity index (χ0n) is 20.5. The molecule has 0 bridgehead atoms. The van der Waals surface area contributed by atoms with E-state index in [9.17, 15) is 14.4 Å². The molecule has 8 nitrogen and oxygen atoms in total. The fourth-order valence-electron chi connectivity index (χ4n) is 5.89. The average Bonchev–Trinajstić information content (AvgIpc) is 3.37. The van der Waals surface area contributed by atoms with Gasteiger partial charge in [0.05, 0.1) is 0 Å². The number of piperidine rings is 1. The number of likely N-dealkylation sites (tertiary alicyclic amines) is 2. The second-order valence-electron chi connectivity index (χ2n) is 9.93. The third kappa shape index (κ3) is 5.06. The van der Waals surface area contributed by atoms with Gasteiger partial charge in [0.1, 0.15) is 11.3 Å². The standard InChI is InChI=1S/C26H38N4O4/c1-3-14-26(24(32)30(25(33)27-26)18-13-21-8-7-15-28(21)2)20-11-16-29(17-12-20)23(31)19-34-22-9-5-4-6-10-22/h4-6,9-10,20-21H,3,7-8,11-19H2,1-2H3,(H,27,33). The van der Waals surface area contributed by atoms with Crippen LogP contribution in [0.1, 0.15) is 51.9 Å². The summed E-state index contributed by atoms with van der Waals surface area (Å²) in [6.45, 7) is 4.76. The topological polar surface area (TPSA) is 82.2 Å². The highest BCUT2D eigenvalue weighted by Gasteiger charge is 2.55. The maximum Gasteiger partial charge on any atom is 0.325 e. The largest absolute Gasteiger partial charge is 0.484 e. The summed E-state index contributed by atoms with van der Waals surface area (Å²) < 4.78 is 5.62. The van der Waals surface area contributed by atoms with E-state index in [1.807, 2.05) is 35.2 Å². The minimum Gasteiger partial charge on any atom is -0.484 e. The van der Waals surface area contributed by atoms with E-state index in [0.717, 1.165) is 25.8 Å². The van der Waals surface area contributed by atoms with Gasteiger partial charge in [0.2, 0.25) is 0 Å². The molecule has 2 atom stereocenters. The Balaban J connectivity index is 1.34. The van der Waals surface area contributed by atoms with Crippen LogP contribution in [0.3, 0.4) is 0 Å². The van der Waals surface area contributed by atoms with Crippen molar-refractivity contribution in [2.45, 2.75) is 63.5 Å². The Morgan fingerprint density at radius 2 is 1.85 bits per heavy atom. The van der Waals surface area contributed by atoms with Crippen LogP contribution in [0.2, 0.25) is 0 Å². The molecular formula is C26H38N4O4. The third-order valence-corrected chi connectivity index (χ3v) is 7.85. The van der Waals surface area contributed by atoms with Crippen LogP contribution in [-0.4, -0.2) is 84.0 Å². The molecule has 186 valence electrons. The average molecular weight is 471 g/mol. The summed E-state index contributed by atoms with van der Waals surface area (Å²) in [6.07, 6.45) is 5.97. The normalized spacial score (nSPS) is 26.2. The monoisotopic (exact) mass is 470 g/mol. The van der Waals surface area contributed by atoms with E-state index in [4.69, 9.17) is 4.74 Å². The molecule has 3 fully saturated rings. The Labute approximate surface area is 202 Å². The number of hydrogen-bond donors (Lipinski definition) is 1. The molecule has 3 aliphatic heterocycles. The van der Waals surface area contributed by atoms with Crippen LogP contribution < -0.4 is 10.1 Å². The SMILES string of the molecule is CCCC1(C2CCN(C(=O)COc3ccccc3)CC2)NC(=O)N(CCC2CCCN2C)C1=O. The number of ether oxygens (including phenoxy) is 1. The molecule has 0 aromatic heterocycles. The molecule has 0 radical (unpaired) electrons. The Morgan fingerprint density at radius 1 is 1.12 bits per heavy atom. The van der Waals surface area contributed by atoms with Gasteiger partial charge in [0, 0.05) is 25.7 Å². The van der Waals surface area contributed by atoms with Crippen LogP contribution in [-0.2, 0) is 9.59 Å². The quantitative estimate of drug-likeness (QED) is 0.561. The fourth-order valence-corrected chi connectivity index (χ4v) is 5.89. The van der Waals surface area contributed by atoms with Crippen molar-refractivity contribution in [2.24, 2.45) is 5.92 Å². The minimum absolute atomic E-state index is 0.00778. The lowest BCUT2D eigenvalue weighted by atomic mass is 9.74. The third-order valence-electron chi connectivity index (χ3n) is 7.85. The molecule has 3 saturated heterocycles. The fraction of sp³-hybridized carbons (Fsp3) is 0.654. The lowest BCUT2D eigenvalue weighted by Gasteiger charge is -2.41.